The number of nitrogens with one attached hydrogen (secondary N) is 2. The molecule has 2 aromatic rings. The van der Waals surface area contributed by atoms with E-state index < -0.39 is 18.0 Å². The average molecular weight is 422 g/mol. The van der Waals surface area contributed by atoms with E-state index in [2.05, 4.69) is 34.9 Å². The van der Waals surface area contributed by atoms with E-state index in [0.29, 0.717) is 13.0 Å². The molecule has 31 heavy (non-hydrogen) atoms. The number of benzene rings is 2. The van der Waals surface area contributed by atoms with Crippen LogP contribution in [-0.4, -0.2) is 42.8 Å². The number of hydrogen-bond acceptors (Lipinski definition) is 4. The van der Waals surface area contributed by atoms with Crippen LogP contribution in [-0.2, 0) is 14.3 Å². The van der Waals surface area contributed by atoms with Gasteiger partial charge in [0.15, 0.2) is 0 Å². The van der Waals surface area contributed by atoms with Gasteiger partial charge in [0, 0.05) is 24.9 Å². The molecule has 7 heteroatoms. The van der Waals surface area contributed by atoms with Crippen LogP contribution in [0.15, 0.2) is 48.5 Å². The Labute approximate surface area is 180 Å². The molecule has 7 nitrogen and oxygen atoms in total. The molecule has 1 unspecified atom stereocenters. The van der Waals surface area contributed by atoms with E-state index in [0.717, 1.165) is 11.1 Å². The molecule has 1 fully saturated rings. The van der Waals surface area contributed by atoms with E-state index >= 15 is 0 Å². The molecule has 3 atom stereocenters. The van der Waals surface area contributed by atoms with Crippen LogP contribution in [0, 0.1) is 17.8 Å². The SMILES string of the molecule is CC(CNC(=O)[C@@H]1C[C@@H]1CNC(=O)OCC1c2ccccc2-c2ccccc21)C(=O)O. The summed E-state index contributed by atoms with van der Waals surface area (Å²) in [7, 11) is 0. The number of alkyl carbamates (subject to hydrolysis) is 1. The van der Waals surface area contributed by atoms with Gasteiger partial charge in [-0.2, -0.15) is 0 Å². The van der Waals surface area contributed by atoms with Gasteiger partial charge in [-0.05, 0) is 34.6 Å². The number of aliphatic carboxylic acids is 1. The molecule has 162 valence electrons. The molecular weight excluding hydrogens is 396 g/mol. The van der Waals surface area contributed by atoms with Gasteiger partial charge < -0.3 is 20.5 Å². The zero-order valence-corrected chi connectivity index (χ0v) is 17.3. The van der Waals surface area contributed by atoms with Gasteiger partial charge in [0.1, 0.15) is 6.61 Å². The normalized spacial score (nSPS) is 19.6. The Balaban J connectivity index is 1.23. The number of carbonyl (C=O) groups excluding carboxylic acids is 2. The van der Waals surface area contributed by atoms with E-state index in [1.807, 2.05) is 24.3 Å². The van der Waals surface area contributed by atoms with Gasteiger partial charge in [0.05, 0.1) is 5.92 Å². The monoisotopic (exact) mass is 422 g/mol. The van der Waals surface area contributed by atoms with Crippen LogP contribution in [0.2, 0.25) is 0 Å². The predicted molar refractivity (Wildman–Crippen MR) is 114 cm³/mol. The van der Waals surface area contributed by atoms with E-state index in [-0.39, 0.29) is 36.8 Å². The maximum Gasteiger partial charge on any atom is 0.407 e. The van der Waals surface area contributed by atoms with Gasteiger partial charge in [0.25, 0.3) is 0 Å². The number of carbonyl (C=O) groups is 3. The van der Waals surface area contributed by atoms with Crippen molar-refractivity contribution in [2.24, 2.45) is 17.8 Å². The van der Waals surface area contributed by atoms with Crippen molar-refractivity contribution in [3.05, 3.63) is 59.7 Å². The maximum absolute atomic E-state index is 12.2. The molecule has 0 aromatic heterocycles. The first-order chi connectivity index (χ1) is 15.0. The van der Waals surface area contributed by atoms with Crippen molar-refractivity contribution in [2.45, 2.75) is 19.3 Å². The van der Waals surface area contributed by atoms with E-state index in [1.165, 1.54) is 11.1 Å². The standard InChI is InChI=1S/C24H26N2O5/c1-14(23(28)29)11-25-22(27)20-10-15(20)12-26-24(30)31-13-21-18-8-4-2-6-16(18)17-7-3-5-9-19(17)21/h2-9,14-15,20-21H,10-13H2,1H3,(H,25,27)(H,26,30)(H,28,29)/t14?,15-,20-/m1/s1. The summed E-state index contributed by atoms with van der Waals surface area (Å²) in [5, 5.41) is 14.3. The Bertz CT molecular complexity index is 959. The Morgan fingerprint density at radius 2 is 1.65 bits per heavy atom. The quantitative estimate of drug-likeness (QED) is 0.607. The molecule has 0 bridgehead atoms. The summed E-state index contributed by atoms with van der Waals surface area (Å²) >= 11 is 0. The maximum atomic E-state index is 12.2. The molecule has 1 saturated carbocycles. The fourth-order valence-corrected chi connectivity index (χ4v) is 4.13. The molecule has 4 rings (SSSR count). The lowest BCUT2D eigenvalue weighted by molar-refractivity contribution is -0.141. The minimum Gasteiger partial charge on any atom is -0.481 e. The second-order valence-corrected chi connectivity index (χ2v) is 8.29. The molecule has 2 aromatic carbocycles. The number of amides is 2. The van der Waals surface area contributed by atoms with Gasteiger partial charge in [-0.3, -0.25) is 9.59 Å². The van der Waals surface area contributed by atoms with Crippen molar-refractivity contribution < 1.29 is 24.2 Å². The highest BCUT2D eigenvalue weighted by Crippen LogP contribution is 2.44. The first-order valence-electron chi connectivity index (χ1n) is 10.5. The zero-order valence-electron chi connectivity index (χ0n) is 17.3. The second kappa shape index (κ2) is 8.79. The smallest absolute Gasteiger partial charge is 0.407 e. The van der Waals surface area contributed by atoms with Crippen molar-refractivity contribution in [3.8, 4) is 11.1 Å². The van der Waals surface area contributed by atoms with Crippen LogP contribution >= 0.6 is 0 Å². The van der Waals surface area contributed by atoms with E-state index in [9.17, 15) is 14.4 Å². The lowest BCUT2D eigenvalue weighted by atomic mass is 9.98. The third-order valence-corrected chi connectivity index (χ3v) is 6.12. The van der Waals surface area contributed by atoms with Gasteiger partial charge in [0.2, 0.25) is 5.91 Å². The van der Waals surface area contributed by atoms with E-state index in [1.54, 1.807) is 6.92 Å². The Kier molecular flexibility index (Phi) is 5.93. The molecule has 0 heterocycles. The third kappa shape index (κ3) is 4.55. The lowest BCUT2D eigenvalue weighted by Gasteiger charge is -2.14. The minimum atomic E-state index is -0.940. The molecular formula is C24H26N2O5. The van der Waals surface area contributed by atoms with Gasteiger partial charge >= 0.3 is 12.1 Å². The Morgan fingerprint density at radius 3 is 2.26 bits per heavy atom. The van der Waals surface area contributed by atoms with Crippen LogP contribution in [0.25, 0.3) is 11.1 Å². The zero-order chi connectivity index (χ0) is 22.0. The molecule has 0 saturated heterocycles. The van der Waals surface area contributed by atoms with Gasteiger partial charge in [-0.15, -0.1) is 0 Å². The van der Waals surface area contributed by atoms with E-state index in [4.69, 9.17) is 9.84 Å². The van der Waals surface area contributed by atoms with Gasteiger partial charge in [-0.25, -0.2) is 4.79 Å². The summed E-state index contributed by atoms with van der Waals surface area (Å²) in [4.78, 5) is 35.1. The average Bonchev–Trinajstić information content (AvgIpc) is 3.49. The molecule has 2 aliphatic carbocycles. The highest BCUT2D eigenvalue weighted by Gasteiger charge is 2.43. The molecule has 2 amide bonds. The number of ether oxygens (including phenoxy) is 1. The molecule has 3 N–H and O–H groups in total. The molecule has 0 spiro atoms. The van der Waals surface area contributed by atoms with Crippen LogP contribution in [0.1, 0.15) is 30.4 Å². The number of carboxylic acids is 1. The number of rotatable bonds is 8. The van der Waals surface area contributed by atoms with Gasteiger partial charge in [-0.1, -0.05) is 55.5 Å². The third-order valence-electron chi connectivity index (χ3n) is 6.12. The summed E-state index contributed by atoms with van der Waals surface area (Å²) in [6.45, 7) is 2.27. The first-order valence-corrected chi connectivity index (χ1v) is 10.5. The van der Waals surface area contributed by atoms with Crippen LogP contribution < -0.4 is 10.6 Å². The van der Waals surface area contributed by atoms with Crippen LogP contribution in [0.4, 0.5) is 4.79 Å². The fraction of sp³-hybridized carbons (Fsp3) is 0.375. The summed E-state index contributed by atoms with van der Waals surface area (Å²) in [5.41, 5.74) is 4.67. The number of hydrogen-bond donors (Lipinski definition) is 3. The second-order valence-electron chi connectivity index (χ2n) is 8.29. The molecule has 2 aliphatic rings. The van der Waals surface area contributed by atoms with Crippen molar-refractivity contribution in [1.82, 2.24) is 10.6 Å². The summed E-state index contributed by atoms with van der Waals surface area (Å²) < 4.78 is 5.50. The highest BCUT2D eigenvalue weighted by atomic mass is 16.5. The topological polar surface area (TPSA) is 105 Å². The predicted octanol–water partition coefficient (Wildman–Crippen LogP) is 3.00. The van der Waals surface area contributed by atoms with Crippen molar-refractivity contribution in [1.29, 1.82) is 0 Å². The van der Waals surface area contributed by atoms with Crippen molar-refractivity contribution in [2.75, 3.05) is 19.7 Å². The van der Waals surface area contributed by atoms with Crippen molar-refractivity contribution in [3.63, 3.8) is 0 Å². The molecule has 0 aliphatic heterocycles. The van der Waals surface area contributed by atoms with Crippen LogP contribution in [0.3, 0.4) is 0 Å². The van der Waals surface area contributed by atoms with Crippen molar-refractivity contribution >= 4 is 18.0 Å². The first kappa shape index (κ1) is 20.9. The fourth-order valence-electron chi connectivity index (χ4n) is 4.13. The lowest BCUT2D eigenvalue weighted by Crippen LogP contribution is -2.34. The summed E-state index contributed by atoms with van der Waals surface area (Å²) in [6.07, 6.45) is 0.184. The largest absolute Gasteiger partial charge is 0.481 e. The number of fused-ring (bicyclic) bond motifs is 3. The number of carboxylic acid groups (broad SMARTS) is 1. The van der Waals surface area contributed by atoms with Crippen LogP contribution in [0.5, 0.6) is 0 Å². The summed E-state index contributed by atoms with van der Waals surface area (Å²) in [5.74, 6) is -1.85. The highest BCUT2D eigenvalue weighted by molar-refractivity contribution is 5.82. The summed E-state index contributed by atoms with van der Waals surface area (Å²) in [6, 6.07) is 16.3. The Hall–Kier alpha value is -3.35. The molecule has 0 radical (unpaired) electrons. The minimum absolute atomic E-state index is 0.00817. The Morgan fingerprint density at radius 1 is 1.03 bits per heavy atom.